The molecule has 7 nitrogen and oxygen atoms in total. The van der Waals surface area contributed by atoms with Crippen LogP contribution in [0.15, 0.2) is 42.5 Å². The van der Waals surface area contributed by atoms with Gasteiger partial charge in [-0.3, -0.25) is 4.79 Å². The molecule has 0 bridgehead atoms. The predicted molar refractivity (Wildman–Crippen MR) is 102 cm³/mol. The largest absolute Gasteiger partial charge is 0.497 e. The topological polar surface area (TPSA) is 77.1 Å². The van der Waals surface area contributed by atoms with Crippen molar-refractivity contribution in [1.29, 1.82) is 0 Å². The summed E-state index contributed by atoms with van der Waals surface area (Å²) in [6, 6.07) is 12.0. The van der Waals surface area contributed by atoms with Crippen molar-refractivity contribution in [3.8, 4) is 5.75 Å². The van der Waals surface area contributed by atoms with Crippen molar-refractivity contribution in [1.82, 2.24) is 0 Å². The second kappa shape index (κ2) is 8.55. The van der Waals surface area contributed by atoms with Gasteiger partial charge in [0.1, 0.15) is 5.75 Å². The second-order valence-electron chi connectivity index (χ2n) is 6.01. The highest BCUT2D eigenvalue weighted by molar-refractivity contribution is 6.07. The van der Waals surface area contributed by atoms with Crippen LogP contribution in [-0.4, -0.2) is 52.4 Å². The van der Waals surface area contributed by atoms with Crippen molar-refractivity contribution in [2.24, 2.45) is 0 Å². The quantitative estimate of drug-likeness (QED) is 0.815. The van der Waals surface area contributed by atoms with Gasteiger partial charge in [0.15, 0.2) is 0 Å². The number of carbonyl (C=O) groups is 2. The van der Waals surface area contributed by atoms with Crippen LogP contribution in [-0.2, 0) is 9.47 Å². The van der Waals surface area contributed by atoms with Crippen LogP contribution in [0.4, 0.5) is 11.4 Å². The van der Waals surface area contributed by atoms with E-state index < -0.39 is 5.97 Å². The number of anilines is 2. The minimum absolute atomic E-state index is 0.269. The van der Waals surface area contributed by atoms with Gasteiger partial charge in [-0.2, -0.15) is 0 Å². The Morgan fingerprint density at radius 1 is 1.00 bits per heavy atom. The molecule has 1 fully saturated rings. The number of amides is 1. The Bertz CT molecular complexity index is 814. The first-order chi connectivity index (χ1) is 13.1. The molecule has 1 saturated heterocycles. The Morgan fingerprint density at radius 2 is 1.67 bits per heavy atom. The van der Waals surface area contributed by atoms with E-state index in [0.29, 0.717) is 48.9 Å². The van der Waals surface area contributed by atoms with Crippen molar-refractivity contribution in [2.75, 3.05) is 50.7 Å². The molecule has 0 spiro atoms. The third-order valence-electron chi connectivity index (χ3n) is 4.37. The number of nitrogens with one attached hydrogen (secondary N) is 1. The Kier molecular flexibility index (Phi) is 5.93. The minimum Gasteiger partial charge on any atom is -0.497 e. The van der Waals surface area contributed by atoms with Crippen molar-refractivity contribution in [3.05, 3.63) is 53.6 Å². The molecular formula is C20H22N2O5. The van der Waals surface area contributed by atoms with Gasteiger partial charge in [-0.15, -0.1) is 0 Å². The van der Waals surface area contributed by atoms with E-state index in [4.69, 9.17) is 14.2 Å². The van der Waals surface area contributed by atoms with Crippen LogP contribution in [0, 0.1) is 0 Å². The molecule has 1 N–H and O–H groups in total. The van der Waals surface area contributed by atoms with Crippen LogP contribution in [0.5, 0.6) is 5.75 Å². The molecule has 0 aliphatic carbocycles. The van der Waals surface area contributed by atoms with Crippen LogP contribution < -0.4 is 15.0 Å². The summed E-state index contributed by atoms with van der Waals surface area (Å²) >= 11 is 0. The zero-order valence-electron chi connectivity index (χ0n) is 15.4. The molecule has 0 radical (unpaired) electrons. The Labute approximate surface area is 157 Å². The number of ether oxygens (including phenoxy) is 3. The van der Waals surface area contributed by atoms with E-state index in [1.54, 1.807) is 43.5 Å². The fraction of sp³-hybridized carbons (Fsp3) is 0.300. The summed E-state index contributed by atoms with van der Waals surface area (Å²) in [7, 11) is 2.90. The van der Waals surface area contributed by atoms with Gasteiger partial charge in [0.05, 0.1) is 44.4 Å². The molecule has 1 aliphatic heterocycles. The van der Waals surface area contributed by atoms with E-state index in [0.717, 1.165) is 5.69 Å². The van der Waals surface area contributed by atoms with Gasteiger partial charge in [-0.1, -0.05) is 0 Å². The zero-order valence-corrected chi connectivity index (χ0v) is 15.4. The second-order valence-corrected chi connectivity index (χ2v) is 6.01. The number of morpholine rings is 1. The number of methoxy groups -OCH3 is 2. The maximum absolute atomic E-state index is 12.7. The molecule has 2 aromatic rings. The van der Waals surface area contributed by atoms with Gasteiger partial charge in [0.25, 0.3) is 5.91 Å². The number of hydrogen-bond acceptors (Lipinski definition) is 6. The average Bonchev–Trinajstić information content (AvgIpc) is 2.73. The van der Waals surface area contributed by atoms with Crippen molar-refractivity contribution in [3.63, 3.8) is 0 Å². The predicted octanol–water partition coefficient (Wildman–Crippen LogP) is 2.57. The molecule has 7 heteroatoms. The highest BCUT2D eigenvalue weighted by Crippen LogP contribution is 2.29. The Hall–Kier alpha value is -3.06. The molecule has 1 amide bonds. The highest BCUT2D eigenvalue weighted by Gasteiger charge is 2.19. The standard InChI is InChI=1S/C20H22N2O5/c1-25-16-6-3-14(4-7-16)19(23)21-17-13-15(20(24)26-2)5-8-18(17)22-9-11-27-12-10-22/h3-8,13H,9-12H2,1-2H3,(H,21,23). The minimum atomic E-state index is -0.455. The first-order valence-electron chi connectivity index (χ1n) is 8.63. The monoisotopic (exact) mass is 370 g/mol. The molecule has 0 atom stereocenters. The van der Waals surface area contributed by atoms with Gasteiger partial charge in [0, 0.05) is 18.7 Å². The van der Waals surface area contributed by atoms with E-state index >= 15 is 0 Å². The van der Waals surface area contributed by atoms with E-state index in [-0.39, 0.29) is 5.91 Å². The molecule has 1 heterocycles. The lowest BCUT2D eigenvalue weighted by Gasteiger charge is -2.30. The molecule has 142 valence electrons. The molecule has 3 rings (SSSR count). The van der Waals surface area contributed by atoms with Gasteiger partial charge < -0.3 is 24.4 Å². The van der Waals surface area contributed by atoms with Gasteiger partial charge in [-0.05, 0) is 42.5 Å². The van der Waals surface area contributed by atoms with E-state index in [9.17, 15) is 9.59 Å². The molecule has 2 aromatic carbocycles. The molecule has 0 unspecified atom stereocenters. The van der Waals surface area contributed by atoms with Gasteiger partial charge in [-0.25, -0.2) is 4.79 Å². The normalized spacial score (nSPS) is 13.8. The van der Waals surface area contributed by atoms with Gasteiger partial charge >= 0.3 is 5.97 Å². The summed E-state index contributed by atoms with van der Waals surface area (Å²) < 4.78 is 15.3. The van der Waals surface area contributed by atoms with Crippen LogP contribution >= 0.6 is 0 Å². The van der Waals surface area contributed by atoms with E-state index in [1.807, 2.05) is 6.07 Å². The Morgan fingerprint density at radius 3 is 2.30 bits per heavy atom. The smallest absolute Gasteiger partial charge is 0.337 e. The summed E-state index contributed by atoms with van der Waals surface area (Å²) in [6.07, 6.45) is 0. The summed E-state index contributed by atoms with van der Waals surface area (Å²) in [5.74, 6) is -0.0501. The van der Waals surface area contributed by atoms with Crippen LogP contribution in [0.25, 0.3) is 0 Å². The summed E-state index contributed by atoms with van der Waals surface area (Å²) in [5, 5.41) is 2.91. The number of carbonyl (C=O) groups excluding carboxylic acids is 2. The van der Waals surface area contributed by atoms with Crippen molar-refractivity contribution in [2.45, 2.75) is 0 Å². The Balaban J connectivity index is 1.89. The first-order valence-corrected chi connectivity index (χ1v) is 8.63. The SMILES string of the molecule is COC(=O)c1ccc(N2CCOCC2)c(NC(=O)c2ccc(OC)cc2)c1. The lowest BCUT2D eigenvalue weighted by Crippen LogP contribution is -2.36. The molecule has 0 aromatic heterocycles. The maximum Gasteiger partial charge on any atom is 0.337 e. The number of esters is 1. The molecule has 0 saturated carbocycles. The maximum atomic E-state index is 12.7. The van der Waals surface area contributed by atoms with Crippen LogP contribution in [0.1, 0.15) is 20.7 Å². The number of rotatable bonds is 5. The lowest BCUT2D eigenvalue weighted by molar-refractivity contribution is 0.0600. The molecular weight excluding hydrogens is 348 g/mol. The first kappa shape index (κ1) is 18.7. The van der Waals surface area contributed by atoms with Crippen molar-refractivity contribution >= 4 is 23.3 Å². The summed E-state index contributed by atoms with van der Waals surface area (Å²) in [4.78, 5) is 26.7. The molecule has 27 heavy (non-hydrogen) atoms. The summed E-state index contributed by atoms with van der Waals surface area (Å²) in [5.41, 5.74) is 2.26. The highest BCUT2D eigenvalue weighted by atomic mass is 16.5. The lowest BCUT2D eigenvalue weighted by atomic mass is 10.1. The summed E-state index contributed by atoms with van der Waals surface area (Å²) in [6.45, 7) is 2.65. The van der Waals surface area contributed by atoms with Crippen LogP contribution in [0.2, 0.25) is 0 Å². The van der Waals surface area contributed by atoms with Crippen molar-refractivity contribution < 1.29 is 23.8 Å². The fourth-order valence-corrected chi connectivity index (χ4v) is 2.90. The van der Waals surface area contributed by atoms with Crippen LogP contribution in [0.3, 0.4) is 0 Å². The number of benzene rings is 2. The van der Waals surface area contributed by atoms with E-state index in [1.165, 1.54) is 7.11 Å². The third-order valence-corrected chi connectivity index (χ3v) is 4.37. The fourth-order valence-electron chi connectivity index (χ4n) is 2.90. The van der Waals surface area contributed by atoms with E-state index in [2.05, 4.69) is 10.2 Å². The number of nitrogens with zero attached hydrogens (tertiary/aromatic N) is 1. The third kappa shape index (κ3) is 4.38. The molecule has 1 aliphatic rings. The zero-order chi connectivity index (χ0) is 19.2. The number of hydrogen-bond donors (Lipinski definition) is 1. The van der Waals surface area contributed by atoms with Gasteiger partial charge in [0.2, 0.25) is 0 Å². The average molecular weight is 370 g/mol.